The largest absolute Gasteiger partial charge is 0.355 e. The molecule has 1 aromatic heterocycles. The maximum Gasteiger partial charge on any atom is 0.191 e. The number of halogens is 2. The average molecular weight is 506 g/mol. The number of nitrogens with zero attached hydrogens (tertiary/aromatic N) is 3. The minimum atomic E-state index is 0. The molecule has 2 N–H and O–H groups in total. The molecule has 3 rings (SSSR count). The molecule has 0 atom stereocenters. The Hall–Kier alpha value is -0.600. The lowest BCUT2D eigenvalue weighted by Crippen LogP contribution is -2.59. The predicted octanol–water partition coefficient (Wildman–Crippen LogP) is 4.21. The maximum atomic E-state index is 5.85. The third kappa shape index (κ3) is 6.46. The molecule has 0 unspecified atom stereocenters. The molecule has 1 aliphatic heterocycles. The maximum absolute atomic E-state index is 5.85. The van der Waals surface area contributed by atoms with Crippen molar-refractivity contribution in [1.82, 2.24) is 20.5 Å². The Morgan fingerprint density at radius 1 is 1.11 bits per heavy atom. The molecule has 2 heterocycles. The zero-order chi connectivity index (χ0) is 18.2. The van der Waals surface area contributed by atoms with Crippen LogP contribution in [0.5, 0.6) is 0 Å². The van der Waals surface area contributed by atoms with Gasteiger partial charge in [0.25, 0.3) is 0 Å². The molecule has 2 fully saturated rings. The third-order valence-electron chi connectivity index (χ3n) is 5.87. The first-order valence-electron chi connectivity index (χ1n) is 10.0. The Bertz CT molecular complexity index is 581. The Morgan fingerprint density at radius 2 is 1.81 bits per heavy atom. The molecule has 0 amide bonds. The van der Waals surface area contributed by atoms with Crippen molar-refractivity contribution in [1.29, 1.82) is 0 Å². The van der Waals surface area contributed by atoms with Gasteiger partial charge in [-0.05, 0) is 50.4 Å². The summed E-state index contributed by atoms with van der Waals surface area (Å²) in [5.74, 6) is 0.863. The SMILES string of the molecule is CN=C(NCc1ccc(Cl)nc1)NCC1(N2CCCCC2)CCCCC1.I. The standard InChI is InChI=1S/C20H32ClN5.HI/c1-22-19(24-15-17-8-9-18(21)23-14-17)25-16-20(10-4-2-5-11-20)26-12-6-3-7-13-26;/h8-9,14H,2-7,10-13,15-16H2,1H3,(H2,22,24,25);1H. The highest BCUT2D eigenvalue weighted by molar-refractivity contribution is 14.0. The van der Waals surface area contributed by atoms with Crippen LogP contribution in [0.1, 0.15) is 56.9 Å². The molecule has 1 aliphatic carbocycles. The summed E-state index contributed by atoms with van der Waals surface area (Å²) >= 11 is 5.85. The Balaban J connectivity index is 0.00000261. The van der Waals surface area contributed by atoms with E-state index < -0.39 is 0 Å². The van der Waals surface area contributed by atoms with Crippen LogP contribution in [-0.4, -0.2) is 48.1 Å². The first kappa shape index (κ1) is 22.7. The summed E-state index contributed by atoms with van der Waals surface area (Å²) in [7, 11) is 1.84. The first-order valence-corrected chi connectivity index (χ1v) is 10.4. The second kappa shape index (κ2) is 11.4. The van der Waals surface area contributed by atoms with E-state index in [0.29, 0.717) is 17.2 Å². The highest BCUT2D eigenvalue weighted by Gasteiger charge is 2.38. The molecule has 1 aromatic rings. The Kier molecular flexibility index (Phi) is 9.59. The van der Waals surface area contributed by atoms with Crippen molar-refractivity contribution < 1.29 is 0 Å². The van der Waals surface area contributed by atoms with Gasteiger partial charge in [-0.25, -0.2) is 4.98 Å². The van der Waals surface area contributed by atoms with Crippen molar-refractivity contribution in [3.63, 3.8) is 0 Å². The van der Waals surface area contributed by atoms with Gasteiger partial charge in [0.15, 0.2) is 5.96 Å². The van der Waals surface area contributed by atoms with Crippen LogP contribution in [-0.2, 0) is 6.54 Å². The lowest BCUT2D eigenvalue weighted by atomic mass is 9.79. The summed E-state index contributed by atoms with van der Waals surface area (Å²) in [5, 5.41) is 7.54. The fraction of sp³-hybridized carbons (Fsp3) is 0.700. The molecular weight excluding hydrogens is 473 g/mol. The lowest BCUT2D eigenvalue weighted by molar-refractivity contribution is 0.0368. The van der Waals surface area contributed by atoms with Crippen molar-refractivity contribution in [3.05, 3.63) is 29.0 Å². The Morgan fingerprint density at radius 3 is 2.44 bits per heavy atom. The second-order valence-electron chi connectivity index (χ2n) is 7.60. The summed E-state index contributed by atoms with van der Waals surface area (Å²) in [6.45, 7) is 4.18. The molecular formula is C20H33ClIN5. The fourth-order valence-electron chi connectivity index (χ4n) is 4.35. The van der Waals surface area contributed by atoms with Crippen LogP contribution in [0.15, 0.2) is 23.3 Å². The van der Waals surface area contributed by atoms with Crippen LogP contribution in [0.25, 0.3) is 0 Å². The number of pyridine rings is 1. The van der Waals surface area contributed by atoms with Crippen LogP contribution in [0, 0.1) is 0 Å². The van der Waals surface area contributed by atoms with Gasteiger partial charge in [-0.15, -0.1) is 24.0 Å². The topological polar surface area (TPSA) is 52.6 Å². The quantitative estimate of drug-likeness (QED) is 0.272. The van der Waals surface area contributed by atoms with E-state index in [1.165, 1.54) is 64.5 Å². The number of likely N-dealkylation sites (tertiary alicyclic amines) is 1. The molecule has 1 saturated carbocycles. The first-order chi connectivity index (χ1) is 12.7. The molecule has 5 nitrogen and oxygen atoms in total. The monoisotopic (exact) mass is 505 g/mol. The van der Waals surface area contributed by atoms with Gasteiger partial charge < -0.3 is 10.6 Å². The zero-order valence-electron chi connectivity index (χ0n) is 16.3. The highest BCUT2D eigenvalue weighted by Crippen LogP contribution is 2.35. The van der Waals surface area contributed by atoms with E-state index in [9.17, 15) is 0 Å². The smallest absolute Gasteiger partial charge is 0.191 e. The van der Waals surface area contributed by atoms with Crippen molar-refractivity contribution in [2.24, 2.45) is 4.99 Å². The summed E-state index contributed by atoms with van der Waals surface area (Å²) in [5.41, 5.74) is 1.40. The van der Waals surface area contributed by atoms with E-state index in [4.69, 9.17) is 11.6 Å². The van der Waals surface area contributed by atoms with Gasteiger partial charge in [0.1, 0.15) is 5.15 Å². The normalized spacial score (nSPS) is 20.6. The molecule has 152 valence electrons. The fourth-order valence-corrected chi connectivity index (χ4v) is 4.46. The summed E-state index contributed by atoms with van der Waals surface area (Å²) in [6.07, 6.45) is 12.6. The minimum absolute atomic E-state index is 0. The second-order valence-corrected chi connectivity index (χ2v) is 7.99. The van der Waals surface area contributed by atoms with Gasteiger partial charge >= 0.3 is 0 Å². The third-order valence-corrected chi connectivity index (χ3v) is 6.09. The van der Waals surface area contributed by atoms with Crippen molar-refractivity contribution in [2.45, 2.75) is 63.5 Å². The van der Waals surface area contributed by atoms with Gasteiger partial charge in [0, 0.05) is 31.9 Å². The number of hydrogen-bond donors (Lipinski definition) is 2. The number of aliphatic imine (C=N–C) groups is 1. The van der Waals surface area contributed by atoms with E-state index in [-0.39, 0.29) is 24.0 Å². The molecule has 7 heteroatoms. The van der Waals surface area contributed by atoms with Crippen LogP contribution in [0.4, 0.5) is 0 Å². The average Bonchev–Trinajstić information content (AvgIpc) is 2.71. The van der Waals surface area contributed by atoms with Crippen molar-refractivity contribution in [2.75, 3.05) is 26.7 Å². The highest BCUT2D eigenvalue weighted by atomic mass is 127. The van der Waals surface area contributed by atoms with Gasteiger partial charge in [-0.2, -0.15) is 0 Å². The molecule has 0 aromatic carbocycles. The van der Waals surface area contributed by atoms with Crippen LogP contribution < -0.4 is 10.6 Å². The van der Waals surface area contributed by atoms with E-state index in [1.54, 1.807) is 6.20 Å². The van der Waals surface area contributed by atoms with Crippen LogP contribution in [0.2, 0.25) is 5.15 Å². The van der Waals surface area contributed by atoms with Crippen molar-refractivity contribution >= 4 is 41.5 Å². The summed E-state index contributed by atoms with van der Waals surface area (Å²) < 4.78 is 0. The lowest BCUT2D eigenvalue weighted by Gasteiger charge is -2.48. The van der Waals surface area contributed by atoms with Crippen molar-refractivity contribution in [3.8, 4) is 0 Å². The number of guanidine groups is 1. The van der Waals surface area contributed by atoms with Gasteiger partial charge in [-0.3, -0.25) is 9.89 Å². The number of piperidine rings is 1. The van der Waals surface area contributed by atoms with Gasteiger partial charge in [-0.1, -0.05) is 43.4 Å². The Labute approximate surface area is 185 Å². The van der Waals surface area contributed by atoms with Gasteiger partial charge in [0.05, 0.1) is 0 Å². The molecule has 2 aliphatic rings. The predicted molar refractivity (Wildman–Crippen MR) is 124 cm³/mol. The van der Waals surface area contributed by atoms with E-state index in [1.807, 2.05) is 19.2 Å². The molecule has 1 saturated heterocycles. The number of aromatic nitrogens is 1. The van der Waals surface area contributed by atoms with E-state index in [0.717, 1.165) is 18.1 Å². The molecule has 27 heavy (non-hydrogen) atoms. The number of nitrogens with one attached hydrogen (secondary N) is 2. The molecule has 0 spiro atoms. The van der Waals surface area contributed by atoms with Gasteiger partial charge in [0.2, 0.25) is 0 Å². The van der Waals surface area contributed by atoms with E-state index >= 15 is 0 Å². The van der Waals surface area contributed by atoms with Crippen LogP contribution in [0.3, 0.4) is 0 Å². The number of hydrogen-bond acceptors (Lipinski definition) is 3. The summed E-state index contributed by atoms with van der Waals surface area (Å²) in [4.78, 5) is 11.3. The number of rotatable bonds is 5. The van der Waals surface area contributed by atoms with Crippen LogP contribution >= 0.6 is 35.6 Å². The zero-order valence-corrected chi connectivity index (χ0v) is 19.4. The van der Waals surface area contributed by atoms with E-state index in [2.05, 4.69) is 25.5 Å². The minimum Gasteiger partial charge on any atom is -0.355 e. The molecule has 0 radical (unpaired) electrons. The molecule has 0 bridgehead atoms. The summed E-state index contributed by atoms with van der Waals surface area (Å²) in [6, 6.07) is 3.81.